The molecule has 1 aromatic rings. The first-order valence-electron chi connectivity index (χ1n) is 7.90. The van der Waals surface area contributed by atoms with Gasteiger partial charge in [0.05, 0.1) is 10.7 Å². The van der Waals surface area contributed by atoms with Crippen molar-refractivity contribution in [3.8, 4) is 5.88 Å². The number of nitrogens with zero attached hydrogens (tertiary/aromatic N) is 1. The van der Waals surface area contributed by atoms with Gasteiger partial charge in [0.1, 0.15) is 6.10 Å². The number of hydrogen-bond acceptors (Lipinski definition) is 3. The number of hydrogen-bond donors (Lipinski definition) is 1. The van der Waals surface area contributed by atoms with Gasteiger partial charge in [0.15, 0.2) is 0 Å². The van der Waals surface area contributed by atoms with Gasteiger partial charge >= 0.3 is 0 Å². The Labute approximate surface area is 133 Å². The van der Waals surface area contributed by atoms with E-state index in [0.29, 0.717) is 23.6 Å². The van der Waals surface area contributed by atoms with Gasteiger partial charge in [-0.3, -0.25) is 0 Å². The smallest absolute Gasteiger partial charge is 0.213 e. The van der Waals surface area contributed by atoms with E-state index in [1.807, 2.05) is 12.1 Å². The average Bonchev–Trinajstić information content (AvgIpc) is 2.41. The van der Waals surface area contributed by atoms with Gasteiger partial charge in [-0.1, -0.05) is 18.5 Å². The maximum atomic E-state index is 6.23. The minimum atomic E-state index is 0.0430. The third kappa shape index (κ3) is 5.48. The molecule has 1 N–H and O–H groups in total. The SMILES string of the molecule is CC1CCC(Oc2ccc(Cl)c(CNC(C)(C)C)n2)CC1. The molecule has 1 saturated carbocycles. The number of ether oxygens (including phenoxy) is 1. The molecular formula is C17H27ClN2O. The lowest BCUT2D eigenvalue weighted by atomic mass is 9.89. The summed E-state index contributed by atoms with van der Waals surface area (Å²) in [7, 11) is 0. The standard InChI is InChI=1S/C17H27ClN2O/c1-12-5-7-13(8-6-12)21-16-10-9-14(18)15(20-16)11-19-17(2,3)4/h9-10,12-13,19H,5-8,11H2,1-4H3. The Morgan fingerprint density at radius 3 is 2.52 bits per heavy atom. The average molecular weight is 311 g/mol. The summed E-state index contributed by atoms with van der Waals surface area (Å²) in [6, 6.07) is 3.76. The summed E-state index contributed by atoms with van der Waals surface area (Å²) in [6.07, 6.45) is 5.05. The van der Waals surface area contributed by atoms with Crippen LogP contribution in [0, 0.1) is 5.92 Å². The topological polar surface area (TPSA) is 34.1 Å². The molecular weight excluding hydrogens is 284 g/mol. The molecule has 118 valence electrons. The zero-order chi connectivity index (χ0) is 15.5. The maximum absolute atomic E-state index is 6.23. The molecule has 1 aliphatic carbocycles. The van der Waals surface area contributed by atoms with Crippen LogP contribution in [0.5, 0.6) is 5.88 Å². The number of aromatic nitrogens is 1. The van der Waals surface area contributed by atoms with Gasteiger partial charge in [0.2, 0.25) is 5.88 Å². The van der Waals surface area contributed by atoms with Crippen LogP contribution in [0.3, 0.4) is 0 Å². The minimum Gasteiger partial charge on any atom is -0.474 e. The lowest BCUT2D eigenvalue weighted by molar-refractivity contribution is 0.130. The quantitative estimate of drug-likeness (QED) is 0.884. The number of halogens is 1. The molecule has 0 atom stereocenters. The van der Waals surface area contributed by atoms with Crippen LogP contribution in [0.15, 0.2) is 12.1 Å². The molecule has 21 heavy (non-hydrogen) atoms. The summed E-state index contributed by atoms with van der Waals surface area (Å²) in [4.78, 5) is 4.57. The van der Waals surface area contributed by atoms with E-state index in [0.717, 1.165) is 24.5 Å². The molecule has 1 aliphatic rings. The summed E-state index contributed by atoms with van der Waals surface area (Å²) >= 11 is 6.23. The monoisotopic (exact) mass is 310 g/mol. The molecule has 0 spiro atoms. The second kappa shape index (κ2) is 6.97. The molecule has 1 aromatic heterocycles. The number of rotatable bonds is 4. The van der Waals surface area contributed by atoms with Crippen LogP contribution >= 0.6 is 11.6 Å². The summed E-state index contributed by atoms with van der Waals surface area (Å²) in [5.74, 6) is 1.53. The molecule has 0 saturated heterocycles. The largest absolute Gasteiger partial charge is 0.474 e. The van der Waals surface area contributed by atoms with Gasteiger partial charge in [-0.25, -0.2) is 4.98 Å². The van der Waals surface area contributed by atoms with E-state index in [-0.39, 0.29) is 5.54 Å². The normalized spacial score (nSPS) is 23.1. The van der Waals surface area contributed by atoms with E-state index < -0.39 is 0 Å². The van der Waals surface area contributed by atoms with E-state index in [2.05, 4.69) is 38.0 Å². The molecule has 0 unspecified atom stereocenters. The zero-order valence-corrected chi connectivity index (χ0v) is 14.3. The van der Waals surface area contributed by atoms with Crippen molar-refractivity contribution in [3.63, 3.8) is 0 Å². The Hall–Kier alpha value is -0.800. The Morgan fingerprint density at radius 2 is 1.90 bits per heavy atom. The van der Waals surface area contributed by atoms with Crippen molar-refractivity contribution >= 4 is 11.6 Å². The highest BCUT2D eigenvalue weighted by Gasteiger charge is 2.20. The van der Waals surface area contributed by atoms with E-state index in [1.165, 1.54) is 12.8 Å². The molecule has 0 aliphatic heterocycles. The predicted molar refractivity (Wildman–Crippen MR) is 87.9 cm³/mol. The third-order valence-corrected chi connectivity index (χ3v) is 4.27. The maximum Gasteiger partial charge on any atom is 0.213 e. The van der Waals surface area contributed by atoms with Crippen molar-refractivity contribution in [3.05, 3.63) is 22.8 Å². The Balaban J connectivity index is 1.97. The van der Waals surface area contributed by atoms with E-state index in [4.69, 9.17) is 16.3 Å². The lowest BCUT2D eigenvalue weighted by Gasteiger charge is -2.26. The summed E-state index contributed by atoms with van der Waals surface area (Å²) in [6.45, 7) is 9.35. The molecule has 3 nitrogen and oxygen atoms in total. The van der Waals surface area contributed by atoms with Crippen molar-refractivity contribution in [2.75, 3.05) is 0 Å². The first kappa shape index (κ1) is 16.6. The van der Waals surface area contributed by atoms with E-state index in [1.54, 1.807) is 0 Å². The molecule has 1 fully saturated rings. The minimum absolute atomic E-state index is 0.0430. The van der Waals surface area contributed by atoms with Crippen molar-refractivity contribution < 1.29 is 4.74 Å². The predicted octanol–water partition coefficient (Wildman–Crippen LogP) is 4.58. The summed E-state index contributed by atoms with van der Waals surface area (Å²) < 4.78 is 6.03. The second-order valence-corrected chi connectivity index (χ2v) is 7.59. The highest BCUT2D eigenvalue weighted by molar-refractivity contribution is 6.31. The molecule has 0 bridgehead atoms. The van der Waals surface area contributed by atoms with E-state index >= 15 is 0 Å². The van der Waals surface area contributed by atoms with Gasteiger partial charge in [-0.15, -0.1) is 0 Å². The van der Waals surface area contributed by atoms with Crippen LogP contribution in [0.25, 0.3) is 0 Å². The van der Waals surface area contributed by atoms with Crippen LogP contribution in [0.2, 0.25) is 5.02 Å². The molecule has 1 heterocycles. The number of nitrogens with one attached hydrogen (secondary N) is 1. The molecule has 0 amide bonds. The molecule has 2 rings (SSSR count). The third-order valence-electron chi connectivity index (χ3n) is 3.93. The van der Waals surface area contributed by atoms with Gasteiger partial charge in [-0.2, -0.15) is 0 Å². The van der Waals surface area contributed by atoms with Crippen LogP contribution in [0.1, 0.15) is 59.1 Å². The highest BCUT2D eigenvalue weighted by atomic mass is 35.5. The lowest BCUT2D eigenvalue weighted by Crippen LogP contribution is -2.35. The first-order chi connectivity index (χ1) is 9.83. The molecule has 0 aromatic carbocycles. The van der Waals surface area contributed by atoms with Crippen LogP contribution in [-0.4, -0.2) is 16.6 Å². The van der Waals surface area contributed by atoms with Crippen molar-refractivity contribution in [2.24, 2.45) is 5.92 Å². The Morgan fingerprint density at radius 1 is 1.24 bits per heavy atom. The second-order valence-electron chi connectivity index (χ2n) is 7.18. The van der Waals surface area contributed by atoms with Gasteiger partial charge in [-0.05, 0) is 58.4 Å². The van der Waals surface area contributed by atoms with Crippen LogP contribution in [-0.2, 0) is 6.54 Å². The Kier molecular flexibility index (Phi) is 5.50. The summed E-state index contributed by atoms with van der Waals surface area (Å²) in [5.41, 5.74) is 0.898. The van der Waals surface area contributed by atoms with E-state index in [9.17, 15) is 0 Å². The van der Waals surface area contributed by atoms with Crippen molar-refractivity contribution in [1.82, 2.24) is 10.3 Å². The van der Waals surface area contributed by atoms with Crippen molar-refractivity contribution in [2.45, 2.75) is 71.6 Å². The van der Waals surface area contributed by atoms with Crippen LogP contribution in [0.4, 0.5) is 0 Å². The van der Waals surface area contributed by atoms with Crippen molar-refractivity contribution in [1.29, 1.82) is 0 Å². The fourth-order valence-electron chi connectivity index (χ4n) is 2.52. The Bertz CT molecular complexity index is 462. The summed E-state index contributed by atoms with van der Waals surface area (Å²) in [5, 5.41) is 4.10. The van der Waals surface area contributed by atoms with Gasteiger partial charge in [0, 0.05) is 18.2 Å². The first-order valence-corrected chi connectivity index (χ1v) is 8.28. The fraction of sp³-hybridized carbons (Fsp3) is 0.706. The molecule has 0 radical (unpaired) electrons. The highest BCUT2D eigenvalue weighted by Crippen LogP contribution is 2.27. The fourth-order valence-corrected chi connectivity index (χ4v) is 2.69. The number of pyridine rings is 1. The zero-order valence-electron chi connectivity index (χ0n) is 13.6. The van der Waals surface area contributed by atoms with Crippen LogP contribution < -0.4 is 10.1 Å². The van der Waals surface area contributed by atoms with Gasteiger partial charge in [0.25, 0.3) is 0 Å². The van der Waals surface area contributed by atoms with Gasteiger partial charge < -0.3 is 10.1 Å². The molecule has 4 heteroatoms.